The first-order valence-corrected chi connectivity index (χ1v) is 21.2. The standard InChI is InChI=1S/C54H54O12/c1-55-43-19-7-13-25-49(43)61-31-37-38(32-62-50-26-14-8-20-44(50)56-2)40(34-64-52-28-16-10-22-46(52)58-4)42(36-66-54-30-18-12-24-48(54)60-6)41(35-65-53-29-17-11-23-47(53)59-5)39(37)33-63-51-27-15-9-21-45(51)57-3/h7-30H,31-36H2,1-6H3. The molecule has 0 aliphatic heterocycles. The van der Waals surface area contributed by atoms with Crippen molar-refractivity contribution in [3.63, 3.8) is 0 Å². The number of hydrogen-bond donors (Lipinski definition) is 0. The summed E-state index contributed by atoms with van der Waals surface area (Å²) in [6.07, 6.45) is 0. The second-order valence-electron chi connectivity index (χ2n) is 14.5. The van der Waals surface area contributed by atoms with E-state index in [1.165, 1.54) is 0 Å². The monoisotopic (exact) mass is 894 g/mol. The minimum Gasteiger partial charge on any atom is -0.493 e. The van der Waals surface area contributed by atoms with Crippen LogP contribution in [0.2, 0.25) is 0 Å². The highest BCUT2D eigenvalue weighted by molar-refractivity contribution is 5.54. The van der Waals surface area contributed by atoms with Gasteiger partial charge in [0, 0.05) is 33.4 Å². The molecule has 0 atom stereocenters. The zero-order valence-electron chi connectivity index (χ0n) is 38.0. The summed E-state index contributed by atoms with van der Waals surface area (Å²) in [4.78, 5) is 0. The molecule has 0 spiro atoms. The summed E-state index contributed by atoms with van der Waals surface area (Å²) in [6, 6.07) is 45.0. The highest BCUT2D eigenvalue weighted by Crippen LogP contribution is 2.40. The number of benzene rings is 7. The molecule has 0 aliphatic rings. The zero-order chi connectivity index (χ0) is 46.1. The van der Waals surface area contributed by atoms with E-state index in [2.05, 4.69) is 0 Å². The van der Waals surface area contributed by atoms with E-state index in [1.807, 2.05) is 146 Å². The number of methoxy groups -OCH3 is 6. The molecule has 342 valence electrons. The fraction of sp³-hybridized carbons (Fsp3) is 0.222. The van der Waals surface area contributed by atoms with Gasteiger partial charge in [0.15, 0.2) is 69.0 Å². The molecule has 0 unspecified atom stereocenters. The van der Waals surface area contributed by atoms with Gasteiger partial charge in [-0.1, -0.05) is 72.8 Å². The quantitative estimate of drug-likeness (QED) is 0.0576. The molecule has 0 saturated carbocycles. The van der Waals surface area contributed by atoms with Crippen molar-refractivity contribution in [3.8, 4) is 69.0 Å². The molecule has 12 heteroatoms. The predicted octanol–water partition coefficient (Wildman–Crippen LogP) is 11.2. The topological polar surface area (TPSA) is 111 Å². The van der Waals surface area contributed by atoms with Gasteiger partial charge in [-0.05, 0) is 72.8 Å². The summed E-state index contributed by atoms with van der Waals surface area (Å²) in [5, 5.41) is 0. The van der Waals surface area contributed by atoms with Crippen LogP contribution in [-0.2, 0) is 39.6 Å². The molecule has 0 saturated heterocycles. The first kappa shape index (κ1) is 46.1. The Kier molecular flexibility index (Phi) is 16.2. The molecule has 12 nitrogen and oxygen atoms in total. The van der Waals surface area contributed by atoms with Gasteiger partial charge in [-0.25, -0.2) is 0 Å². The molecule has 7 rings (SSSR count). The fourth-order valence-corrected chi connectivity index (χ4v) is 7.47. The number of hydrogen-bond acceptors (Lipinski definition) is 12. The second-order valence-corrected chi connectivity index (χ2v) is 14.5. The van der Waals surface area contributed by atoms with Crippen LogP contribution in [0.1, 0.15) is 33.4 Å². The van der Waals surface area contributed by atoms with E-state index in [0.717, 1.165) is 33.4 Å². The Morgan fingerprint density at radius 1 is 0.197 bits per heavy atom. The van der Waals surface area contributed by atoms with Gasteiger partial charge in [-0.2, -0.15) is 0 Å². The minimum absolute atomic E-state index is 0.0482. The van der Waals surface area contributed by atoms with Gasteiger partial charge in [0.1, 0.15) is 39.6 Å². The van der Waals surface area contributed by atoms with Crippen molar-refractivity contribution in [2.24, 2.45) is 0 Å². The van der Waals surface area contributed by atoms with Crippen LogP contribution in [0, 0.1) is 0 Å². The normalized spacial score (nSPS) is 10.6. The molecular weight excluding hydrogens is 841 g/mol. The zero-order valence-corrected chi connectivity index (χ0v) is 38.0. The maximum Gasteiger partial charge on any atom is 0.161 e. The van der Waals surface area contributed by atoms with Crippen molar-refractivity contribution in [2.75, 3.05) is 42.7 Å². The Labute approximate surface area is 386 Å². The van der Waals surface area contributed by atoms with Gasteiger partial charge in [0.25, 0.3) is 0 Å². The Morgan fingerprint density at radius 2 is 0.318 bits per heavy atom. The summed E-state index contributed by atoms with van der Waals surface area (Å²) in [5.41, 5.74) is 4.52. The SMILES string of the molecule is COc1ccccc1OCc1c(COc2ccccc2OC)c(COc2ccccc2OC)c(COc2ccccc2OC)c(COc2ccccc2OC)c1COc1ccccc1OC. The molecule has 7 aromatic carbocycles. The van der Waals surface area contributed by atoms with Crippen LogP contribution in [0.25, 0.3) is 0 Å². The number of ether oxygens (including phenoxy) is 12. The maximum atomic E-state index is 6.74. The lowest BCUT2D eigenvalue weighted by Crippen LogP contribution is -2.21. The van der Waals surface area contributed by atoms with E-state index in [1.54, 1.807) is 42.7 Å². The van der Waals surface area contributed by atoms with Crippen LogP contribution >= 0.6 is 0 Å². The minimum atomic E-state index is 0.0482. The fourth-order valence-electron chi connectivity index (χ4n) is 7.47. The molecule has 0 radical (unpaired) electrons. The Hall–Kier alpha value is -7.86. The van der Waals surface area contributed by atoms with E-state index in [9.17, 15) is 0 Å². The molecule has 0 amide bonds. The first-order chi connectivity index (χ1) is 32.5. The van der Waals surface area contributed by atoms with Crippen LogP contribution in [-0.4, -0.2) is 42.7 Å². The van der Waals surface area contributed by atoms with Crippen LogP contribution in [0.5, 0.6) is 69.0 Å². The lowest BCUT2D eigenvalue weighted by atomic mass is 9.87. The van der Waals surface area contributed by atoms with Crippen molar-refractivity contribution in [1.29, 1.82) is 0 Å². The van der Waals surface area contributed by atoms with Gasteiger partial charge in [0.2, 0.25) is 0 Å². The number of rotatable bonds is 24. The molecule has 0 bridgehead atoms. The Bertz CT molecular complexity index is 2170. The molecule has 0 N–H and O–H groups in total. The Balaban J connectivity index is 1.51. The van der Waals surface area contributed by atoms with Crippen molar-refractivity contribution < 1.29 is 56.8 Å². The smallest absolute Gasteiger partial charge is 0.161 e. The molecule has 0 fully saturated rings. The second kappa shape index (κ2) is 23.2. The van der Waals surface area contributed by atoms with Gasteiger partial charge >= 0.3 is 0 Å². The van der Waals surface area contributed by atoms with Gasteiger partial charge in [-0.15, -0.1) is 0 Å². The molecule has 0 aliphatic carbocycles. The van der Waals surface area contributed by atoms with Crippen LogP contribution in [0.3, 0.4) is 0 Å². The lowest BCUT2D eigenvalue weighted by Gasteiger charge is -2.28. The number of para-hydroxylation sites is 12. The molecular formula is C54H54O12. The molecule has 0 aromatic heterocycles. The van der Waals surface area contributed by atoms with E-state index in [4.69, 9.17) is 56.8 Å². The average molecular weight is 895 g/mol. The van der Waals surface area contributed by atoms with E-state index < -0.39 is 0 Å². The van der Waals surface area contributed by atoms with E-state index >= 15 is 0 Å². The van der Waals surface area contributed by atoms with E-state index in [0.29, 0.717) is 69.0 Å². The van der Waals surface area contributed by atoms with Crippen LogP contribution in [0.4, 0.5) is 0 Å². The summed E-state index contributed by atoms with van der Waals surface area (Å²) >= 11 is 0. The highest BCUT2D eigenvalue weighted by atomic mass is 16.5. The Morgan fingerprint density at radius 3 is 0.439 bits per heavy atom. The van der Waals surface area contributed by atoms with Gasteiger partial charge in [0.05, 0.1) is 42.7 Å². The summed E-state index contributed by atoms with van der Waals surface area (Å²) < 4.78 is 74.9. The van der Waals surface area contributed by atoms with Crippen LogP contribution < -0.4 is 56.8 Å². The van der Waals surface area contributed by atoms with Crippen molar-refractivity contribution in [1.82, 2.24) is 0 Å². The third kappa shape index (κ3) is 11.1. The van der Waals surface area contributed by atoms with Gasteiger partial charge < -0.3 is 56.8 Å². The van der Waals surface area contributed by atoms with Crippen molar-refractivity contribution in [3.05, 3.63) is 179 Å². The van der Waals surface area contributed by atoms with Crippen molar-refractivity contribution >= 4 is 0 Å². The summed E-state index contributed by atoms with van der Waals surface area (Å²) in [7, 11) is 9.66. The third-order valence-corrected chi connectivity index (χ3v) is 10.8. The highest BCUT2D eigenvalue weighted by Gasteiger charge is 2.28. The van der Waals surface area contributed by atoms with Crippen LogP contribution in [0.15, 0.2) is 146 Å². The maximum absolute atomic E-state index is 6.74. The predicted molar refractivity (Wildman–Crippen MR) is 250 cm³/mol. The van der Waals surface area contributed by atoms with E-state index in [-0.39, 0.29) is 39.6 Å². The summed E-state index contributed by atoms with van der Waals surface area (Å²) in [6.45, 7) is 0.289. The summed E-state index contributed by atoms with van der Waals surface area (Å²) in [5.74, 6) is 6.63. The first-order valence-electron chi connectivity index (χ1n) is 21.2. The molecule has 0 heterocycles. The molecule has 66 heavy (non-hydrogen) atoms. The largest absolute Gasteiger partial charge is 0.493 e. The van der Waals surface area contributed by atoms with Gasteiger partial charge in [-0.3, -0.25) is 0 Å². The van der Waals surface area contributed by atoms with Crippen molar-refractivity contribution in [2.45, 2.75) is 39.6 Å². The lowest BCUT2D eigenvalue weighted by molar-refractivity contribution is 0.236. The average Bonchev–Trinajstić information content (AvgIpc) is 3.37. The third-order valence-electron chi connectivity index (χ3n) is 10.8. The molecule has 7 aromatic rings.